The number of aromatic amines is 1. The van der Waals surface area contributed by atoms with E-state index < -0.39 is 29.4 Å². The van der Waals surface area contributed by atoms with Crippen molar-refractivity contribution in [3.05, 3.63) is 47.7 Å². The number of nitrogens with zero attached hydrogens (tertiary/aromatic N) is 1. The van der Waals surface area contributed by atoms with Gasteiger partial charge in [-0.3, -0.25) is 14.4 Å². The van der Waals surface area contributed by atoms with Crippen LogP contribution in [0.4, 0.5) is 0 Å². The number of aliphatic hydroxyl groups is 1. The molecule has 3 saturated carbocycles. The van der Waals surface area contributed by atoms with Crippen molar-refractivity contribution in [2.75, 3.05) is 13.2 Å². The minimum absolute atomic E-state index is 0.0347. The largest absolute Gasteiger partial charge is 0.480 e. The Morgan fingerprint density at radius 2 is 1.81 bits per heavy atom. The number of carbonyl (C=O) groups is 4. The van der Waals surface area contributed by atoms with Crippen LogP contribution in [0.15, 0.2) is 47.3 Å². The molecule has 0 saturated heterocycles. The lowest BCUT2D eigenvalue weighted by atomic mass is 9.46. The predicted molar refractivity (Wildman–Crippen MR) is 175 cm³/mol. The van der Waals surface area contributed by atoms with Crippen LogP contribution in [-0.4, -0.2) is 69.3 Å². The van der Waals surface area contributed by atoms with E-state index in [0.717, 1.165) is 67.1 Å². The first-order valence-electron chi connectivity index (χ1n) is 16.8. The Labute approximate surface area is 274 Å². The minimum atomic E-state index is -1.21. The Bertz CT molecular complexity index is 1650. The van der Waals surface area contributed by atoms with Gasteiger partial charge in [0.25, 0.3) is 5.91 Å². The van der Waals surface area contributed by atoms with E-state index in [2.05, 4.69) is 40.7 Å². The number of H-pyrrole nitrogens is 1. The summed E-state index contributed by atoms with van der Waals surface area (Å²) in [5.74, 6) is -1.08. The van der Waals surface area contributed by atoms with Gasteiger partial charge in [-0.05, 0) is 99.2 Å². The molecule has 11 heteroatoms. The molecule has 0 bridgehead atoms. The first-order chi connectivity index (χ1) is 22.4. The molecule has 3 fully saturated rings. The second-order valence-electron chi connectivity index (χ2n) is 14.6. The molecule has 0 spiro atoms. The highest BCUT2D eigenvalue weighted by Crippen LogP contribution is 2.67. The number of nitrogens with one attached hydrogen (secondary N) is 3. The quantitative estimate of drug-likeness (QED) is 0.243. The van der Waals surface area contributed by atoms with Crippen LogP contribution in [0.5, 0.6) is 0 Å². The number of carboxylic acids is 1. The van der Waals surface area contributed by atoms with Crippen molar-refractivity contribution in [3.63, 3.8) is 0 Å². The van der Waals surface area contributed by atoms with Crippen LogP contribution in [0.2, 0.25) is 0 Å². The summed E-state index contributed by atoms with van der Waals surface area (Å²) in [6.07, 6.45) is 10.9. The van der Waals surface area contributed by atoms with E-state index in [1.165, 1.54) is 12.5 Å². The number of Topliss-reactive ketones (excluding diaryl/α,β-unsaturated/α-hetero) is 1. The molecular formula is C36H46N4O7. The van der Waals surface area contributed by atoms with E-state index in [0.29, 0.717) is 24.2 Å². The Kier molecular flexibility index (Phi) is 8.80. The number of para-hydroxylation sites is 1. The van der Waals surface area contributed by atoms with Gasteiger partial charge in [0, 0.05) is 28.9 Å². The zero-order valence-corrected chi connectivity index (χ0v) is 27.4. The van der Waals surface area contributed by atoms with Crippen molar-refractivity contribution in [3.8, 4) is 0 Å². The molecule has 252 valence electrons. The maximum atomic E-state index is 12.5. The molecule has 0 unspecified atom stereocenters. The lowest BCUT2D eigenvalue weighted by Gasteiger charge is -2.59. The average Bonchev–Trinajstić information content (AvgIpc) is 3.58. The van der Waals surface area contributed by atoms with Crippen LogP contribution < -0.4 is 10.6 Å². The molecular weight excluding hydrogens is 600 g/mol. The highest BCUT2D eigenvalue weighted by molar-refractivity contribution is 5.96. The van der Waals surface area contributed by atoms with Crippen molar-refractivity contribution in [2.24, 2.45) is 33.7 Å². The van der Waals surface area contributed by atoms with E-state index in [4.69, 9.17) is 4.84 Å². The summed E-state index contributed by atoms with van der Waals surface area (Å²) in [5.41, 5.74) is 2.27. The lowest BCUT2D eigenvalue weighted by Crippen LogP contribution is -2.57. The second kappa shape index (κ2) is 12.6. The van der Waals surface area contributed by atoms with E-state index in [-0.39, 0.29) is 36.2 Å². The van der Waals surface area contributed by atoms with E-state index in [1.807, 2.05) is 24.3 Å². The molecule has 2 aromatic rings. The number of benzene rings is 1. The fraction of sp³-hybridized carbons (Fsp3) is 0.583. The molecule has 6 rings (SSSR count). The molecule has 1 aromatic heterocycles. The van der Waals surface area contributed by atoms with Gasteiger partial charge in [-0.1, -0.05) is 42.8 Å². The monoisotopic (exact) mass is 646 g/mol. The van der Waals surface area contributed by atoms with Gasteiger partial charge in [-0.25, -0.2) is 4.79 Å². The molecule has 4 aliphatic rings. The van der Waals surface area contributed by atoms with Gasteiger partial charge in [0.15, 0.2) is 12.4 Å². The number of rotatable bonds is 10. The average molecular weight is 647 g/mol. The van der Waals surface area contributed by atoms with Crippen LogP contribution in [-0.2, 0) is 30.4 Å². The number of hydrogen-bond acceptors (Lipinski definition) is 7. The van der Waals surface area contributed by atoms with Crippen LogP contribution >= 0.6 is 0 Å². The SMILES string of the molecule is CC(=O)[C@@]1(O)CC[C@H]2[C@@H]3CCC4=C/C(=N/OCC(=O)NCC(=O)N[C@@H](Cc5c[nH]c6ccccc56)C(=O)O)CC[C@]4(C)[C@H]3CC[C@@]21C. The standard InChI is InChI=1S/C36H46N4O7/c1-21(41)36(46)15-12-28-26-9-8-23-17-24(10-13-34(23,2)27(26)11-14-35(28,36)3)40-47-20-32(43)38-19-31(42)39-30(33(44)45)16-22-18-37-29-7-5-4-6-25(22)29/h4-7,17-18,26-28,30,37,46H,8-16,19-20H2,1-3H3,(H,38,43)(H,39,42)(H,44,45)/b40-24+/t26-,27+,28+,30+,34+,35+,36+/m1/s1. The van der Waals surface area contributed by atoms with E-state index in [1.54, 1.807) is 6.20 Å². The summed E-state index contributed by atoms with van der Waals surface area (Å²) < 4.78 is 0. The maximum Gasteiger partial charge on any atom is 0.326 e. The van der Waals surface area contributed by atoms with Crippen molar-refractivity contribution >= 4 is 40.2 Å². The number of allylic oxidation sites excluding steroid dienone is 2. The second-order valence-corrected chi connectivity index (χ2v) is 14.6. The first kappa shape index (κ1) is 32.9. The van der Waals surface area contributed by atoms with Gasteiger partial charge in [0.1, 0.15) is 11.6 Å². The van der Waals surface area contributed by atoms with Crippen molar-refractivity contribution in [1.29, 1.82) is 0 Å². The number of oxime groups is 1. The lowest BCUT2D eigenvalue weighted by molar-refractivity contribution is -0.159. The summed E-state index contributed by atoms with van der Waals surface area (Å²) >= 11 is 0. The highest BCUT2D eigenvalue weighted by Gasteiger charge is 2.65. The van der Waals surface area contributed by atoms with Crippen LogP contribution in [0.1, 0.15) is 77.7 Å². The number of carboxylic acid groups (broad SMARTS) is 1. The normalized spacial score (nSPS) is 32.8. The summed E-state index contributed by atoms with van der Waals surface area (Å²) in [6, 6.07) is 6.37. The van der Waals surface area contributed by atoms with Gasteiger partial charge in [-0.15, -0.1) is 0 Å². The number of hydrogen-bond donors (Lipinski definition) is 5. The number of amides is 2. The molecule has 7 atom stereocenters. The molecule has 0 radical (unpaired) electrons. The molecule has 11 nitrogen and oxygen atoms in total. The maximum absolute atomic E-state index is 12.5. The molecule has 4 aliphatic carbocycles. The first-order valence-corrected chi connectivity index (χ1v) is 16.8. The van der Waals surface area contributed by atoms with Crippen molar-refractivity contribution in [1.82, 2.24) is 15.6 Å². The number of ketones is 1. The fourth-order valence-corrected chi connectivity index (χ4v) is 9.61. The highest BCUT2D eigenvalue weighted by atomic mass is 16.6. The molecule has 1 aromatic carbocycles. The van der Waals surface area contributed by atoms with Gasteiger partial charge in [0.2, 0.25) is 5.91 Å². The van der Waals surface area contributed by atoms with Gasteiger partial charge < -0.3 is 30.7 Å². The smallest absolute Gasteiger partial charge is 0.326 e. The Balaban J connectivity index is 0.991. The molecule has 1 heterocycles. The third kappa shape index (κ3) is 5.87. The Morgan fingerprint density at radius 3 is 2.57 bits per heavy atom. The van der Waals surface area contributed by atoms with Gasteiger partial charge in [0.05, 0.1) is 12.3 Å². The van der Waals surface area contributed by atoms with Gasteiger partial charge in [-0.2, -0.15) is 0 Å². The third-order valence-electron chi connectivity index (χ3n) is 12.3. The van der Waals surface area contributed by atoms with Crippen LogP contribution in [0.3, 0.4) is 0 Å². The fourth-order valence-electron chi connectivity index (χ4n) is 9.61. The van der Waals surface area contributed by atoms with Crippen LogP contribution in [0, 0.1) is 28.6 Å². The Morgan fingerprint density at radius 1 is 1.04 bits per heavy atom. The minimum Gasteiger partial charge on any atom is -0.480 e. The number of fused-ring (bicyclic) bond motifs is 6. The summed E-state index contributed by atoms with van der Waals surface area (Å²) in [4.78, 5) is 57.7. The molecule has 5 N–H and O–H groups in total. The van der Waals surface area contributed by atoms with E-state index >= 15 is 0 Å². The molecule has 0 aliphatic heterocycles. The number of aliphatic carboxylic acids is 1. The zero-order valence-electron chi connectivity index (χ0n) is 27.4. The molecule has 47 heavy (non-hydrogen) atoms. The topological polar surface area (TPSA) is 170 Å². The summed E-state index contributed by atoms with van der Waals surface area (Å²) in [5, 5.41) is 31.1. The Hall–Kier alpha value is -3.99. The predicted octanol–water partition coefficient (Wildman–Crippen LogP) is 4.05. The summed E-state index contributed by atoms with van der Waals surface area (Å²) in [7, 11) is 0. The third-order valence-corrected chi connectivity index (χ3v) is 12.3. The summed E-state index contributed by atoms with van der Waals surface area (Å²) in [6.45, 7) is 5.29. The molecule has 2 amide bonds. The number of carbonyl (C=O) groups excluding carboxylic acids is 3. The van der Waals surface area contributed by atoms with Crippen molar-refractivity contribution in [2.45, 2.75) is 90.2 Å². The van der Waals surface area contributed by atoms with Crippen LogP contribution in [0.25, 0.3) is 10.9 Å². The number of aromatic nitrogens is 1. The van der Waals surface area contributed by atoms with Gasteiger partial charge >= 0.3 is 5.97 Å². The zero-order chi connectivity index (χ0) is 33.6. The van der Waals surface area contributed by atoms with E-state index in [9.17, 15) is 29.4 Å². The van der Waals surface area contributed by atoms with Crippen molar-refractivity contribution < 1.29 is 34.2 Å².